The fourth-order valence-electron chi connectivity index (χ4n) is 4.20. The highest BCUT2D eigenvalue weighted by molar-refractivity contribution is 6.35. The van der Waals surface area contributed by atoms with Crippen molar-refractivity contribution in [1.82, 2.24) is 9.80 Å². The second kappa shape index (κ2) is 9.36. The van der Waals surface area contributed by atoms with Crippen LogP contribution in [0.15, 0.2) is 60.3 Å². The summed E-state index contributed by atoms with van der Waals surface area (Å²) in [7, 11) is 1.83. The molecule has 2 aliphatic rings. The molecule has 0 spiro atoms. The highest BCUT2D eigenvalue weighted by Crippen LogP contribution is 2.33. The van der Waals surface area contributed by atoms with Crippen molar-refractivity contribution in [3.8, 4) is 0 Å². The molecule has 0 radical (unpaired) electrons. The molecule has 0 aromatic heterocycles. The number of nitrogens with one attached hydrogen (secondary N) is 1. The summed E-state index contributed by atoms with van der Waals surface area (Å²) in [5, 5.41) is 2.72. The minimum absolute atomic E-state index is 0.120. The molecule has 2 aliphatic heterocycles. The highest BCUT2D eigenvalue weighted by Gasteiger charge is 2.42. The Balaban J connectivity index is 1.68. The van der Waals surface area contributed by atoms with Crippen LogP contribution in [0, 0.1) is 0 Å². The van der Waals surface area contributed by atoms with Gasteiger partial charge in [-0.05, 0) is 36.1 Å². The van der Waals surface area contributed by atoms with E-state index in [1.807, 2.05) is 42.3 Å². The molecule has 1 unspecified atom stereocenters. The summed E-state index contributed by atoms with van der Waals surface area (Å²) in [6.07, 6.45) is 1.66. The number of hydrogen-bond donors (Lipinski definition) is 1. The second-order valence-electron chi connectivity index (χ2n) is 8.18. The SMILES string of the molecule is CC(=O)Nc1ccc(C2=C(N(C)Cc3ccccc3)C(=O)N(CC3CCCO3)C2=O)cc1. The van der Waals surface area contributed by atoms with E-state index >= 15 is 0 Å². The van der Waals surface area contributed by atoms with Crippen LogP contribution in [-0.2, 0) is 25.7 Å². The van der Waals surface area contributed by atoms with Crippen LogP contribution in [0.1, 0.15) is 30.9 Å². The molecule has 2 aromatic rings. The maximum atomic E-state index is 13.4. The highest BCUT2D eigenvalue weighted by atomic mass is 16.5. The molecule has 1 saturated heterocycles. The summed E-state index contributed by atoms with van der Waals surface area (Å²) in [4.78, 5) is 41.3. The number of benzene rings is 2. The lowest BCUT2D eigenvalue weighted by atomic mass is 10.0. The predicted molar refractivity (Wildman–Crippen MR) is 121 cm³/mol. The molecule has 0 saturated carbocycles. The topological polar surface area (TPSA) is 79.0 Å². The minimum atomic E-state index is -0.312. The lowest BCUT2D eigenvalue weighted by Gasteiger charge is -2.22. The van der Waals surface area contributed by atoms with Gasteiger partial charge in [0.25, 0.3) is 11.8 Å². The fourth-order valence-corrected chi connectivity index (χ4v) is 4.20. The first-order valence-electron chi connectivity index (χ1n) is 10.8. The summed E-state index contributed by atoms with van der Waals surface area (Å²) in [6, 6.07) is 16.8. The van der Waals surface area contributed by atoms with Crippen LogP contribution < -0.4 is 5.32 Å². The van der Waals surface area contributed by atoms with Crippen LogP contribution in [0.5, 0.6) is 0 Å². The van der Waals surface area contributed by atoms with E-state index < -0.39 is 0 Å². The maximum Gasteiger partial charge on any atom is 0.277 e. The van der Waals surface area contributed by atoms with E-state index in [1.165, 1.54) is 11.8 Å². The normalized spacial score (nSPS) is 18.4. The largest absolute Gasteiger partial charge is 0.376 e. The van der Waals surface area contributed by atoms with Crippen molar-refractivity contribution >= 4 is 29.0 Å². The van der Waals surface area contributed by atoms with Gasteiger partial charge in [-0.25, -0.2) is 0 Å². The molecule has 32 heavy (non-hydrogen) atoms. The van der Waals surface area contributed by atoms with E-state index in [-0.39, 0.29) is 30.4 Å². The number of ether oxygens (including phenoxy) is 1. The molecule has 1 fully saturated rings. The summed E-state index contributed by atoms with van der Waals surface area (Å²) >= 11 is 0. The molecule has 1 atom stereocenters. The summed E-state index contributed by atoms with van der Waals surface area (Å²) in [5.41, 5.74) is 3.07. The third-order valence-electron chi connectivity index (χ3n) is 5.69. The molecule has 2 heterocycles. The van der Waals surface area contributed by atoms with Gasteiger partial charge < -0.3 is 15.0 Å². The van der Waals surface area contributed by atoms with Gasteiger partial charge in [-0.15, -0.1) is 0 Å². The molecule has 0 aliphatic carbocycles. The molecule has 2 aromatic carbocycles. The average Bonchev–Trinajstić information content (AvgIpc) is 3.37. The quantitative estimate of drug-likeness (QED) is 0.679. The van der Waals surface area contributed by atoms with Gasteiger partial charge in [-0.3, -0.25) is 19.3 Å². The summed E-state index contributed by atoms with van der Waals surface area (Å²) < 4.78 is 5.68. The fraction of sp³-hybridized carbons (Fsp3) is 0.320. The van der Waals surface area contributed by atoms with Crippen molar-refractivity contribution in [2.75, 3.05) is 25.5 Å². The van der Waals surface area contributed by atoms with Gasteiger partial charge >= 0.3 is 0 Å². The van der Waals surface area contributed by atoms with Crippen LogP contribution >= 0.6 is 0 Å². The van der Waals surface area contributed by atoms with E-state index in [4.69, 9.17) is 4.74 Å². The van der Waals surface area contributed by atoms with Gasteiger partial charge in [0, 0.05) is 32.8 Å². The number of carbonyl (C=O) groups excluding carboxylic acids is 3. The van der Waals surface area contributed by atoms with Gasteiger partial charge in [0.05, 0.1) is 18.2 Å². The van der Waals surface area contributed by atoms with E-state index in [1.54, 1.807) is 24.3 Å². The van der Waals surface area contributed by atoms with E-state index in [0.29, 0.717) is 35.7 Å². The Morgan fingerprint density at radius 2 is 1.81 bits per heavy atom. The smallest absolute Gasteiger partial charge is 0.277 e. The molecule has 166 valence electrons. The number of carbonyl (C=O) groups is 3. The first-order chi connectivity index (χ1) is 15.4. The monoisotopic (exact) mass is 433 g/mol. The predicted octanol–water partition coefficient (Wildman–Crippen LogP) is 3.04. The molecule has 0 bridgehead atoms. The van der Waals surface area contributed by atoms with Crippen LogP contribution in [0.4, 0.5) is 5.69 Å². The van der Waals surface area contributed by atoms with Crippen molar-refractivity contribution in [3.63, 3.8) is 0 Å². The van der Waals surface area contributed by atoms with Gasteiger partial charge in [0.2, 0.25) is 5.91 Å². The zero-order valence-corrected chi connectivity index (χ0v) is 18.3. The molecule has 7 nitrogen and oxygen atoms in total. The number of hydrogen-bond acceptors (Lipinski definition) is 5. The molecule has 4 rings (SSSR count). The zero-order chi connectivity index (χ0) is 22.7. The Hall–Kier alpha value is -3.45. The number of imide groups is 1. The number of nitrogens with zero attached hydrogens (tertiary/aromatic N) is 2. The number of rotatable bonds is 7. The van der Waals surface area contributed by atoms with Crippen molar-refractivity contribution in [2.45, 2.75) is 32.4 Å². The van der Waals surface area contributed by atoms with Gasteiger partial charge in [0.15, 0.2) is 0 Å². The van der Waals surface area contributed by atoms with E-state index in [9.17, 15) is 14.4 Å². The van der Waals surface area contributed by atoms with Crippen LogP contribution in [0.3, 0.4) is 0 Å². The maximum absolute atomic E-state index is 13.4. The second-order valence-corrected chi connectivity index (χ2v) is 8.18. The van der Waals surface area contributed by atoms with Crippen molar-refractivity contribution < 1.29 is 19.1 Å². The van der Waals surface area contributed by atoms with Gasteiger partial charge in [-0.1, -0.05) is 42.5 Å². The standard InChI is InChI=1S/C25H27N3O4/c1-17(29)26-20-12-10-19(11-13-20)22-23(27(2)15-18-7-4-3-5-8-18)25(31)28(24(22)30)16-21-9-6-14-32-21/h3-5,7-8,10-13,21H,6,9,14-16H2,1-2H3,(H,26,29). The molecule has 7 heteroatoms. The van der Waals surface area contributed by atoms with Gasteiger partial charge in [-0.2, -0.15) is 0 Å². The number of anilines is 1. The third-order valence-corrected chi connectivity index (χ3v) is 5.69. The van der Waals surface area contributed by atoms with Crippen molar-refractivity contribution in [3.05, 3.63) is 71.4 Å². The molecular formula is C25H27N3O4. The lowest BCUT2D eigenvalue weighted by Crippen LogP contribution is -2.39. The third kappa shape index (κ3) is 4.57. The Bertz CT molecular complexity index is 1040. The number of likely N-dealkylation sites (N-methyl/N-ethyl adjacent to an activating group) is 1. The van der Waals surface area contributed by atoms with Crippen molar-refractivity contribution in [1.29, 1.82) is 0 Å². The van der Waals surface area contributed by atoms with Crippen LogP contribution in [0.25, 0.3) is 5.57 Å². The first kappa shape index (κ1) is 21.8. The van der Waals surface area contributed by atoms with E-state index in [2.05, 4.69) is 5.32 Å². The average molecular weight is 434 g/mol. The minimum Gasteiger partial charge on any atom is -0.376 e. The Kier molecular flexibility index (Phi) is 6.37. The molecule has 3 amide bonds. The van der Waals surface area contributed by atoms with Crippen molar-refractivity contribution in [2.24, 2.45) is 0 Å². The summed E-state index contributed by atoms with van der Waals surface area (Å²) in [5.74, 6) is -0.785. The zero-order valence-electron chi connectivity index (χ0n) is 18.3. The van der Waals surface area contributed by atoms with Gasteiger partial charge in [0.1, 0.15) is 5.70 Å². The molecular weight excluding hydrogens is 406 g/mol. The Morgan fingerprint density at radius 3 is 2.44 bits per heavy atom. The lowest BCUT2D eigenvalue weighted by molar-refractivity contribution is -0.139. The Labute approximate surface area is 187 Å². The van der Waals surface area contributed by atoms with Crippen LogP contribution in [-0.4, -0.2) is 53.8 Å². The molecule has 1 N–H and O–H groups in total. The first-order valence-corrected chi connectivity index (χ1v) is 10.8. The van der Waals surface area contributed by atoms with Crippen LogP contribution in [0.2, 0.25) is 0 Å². The van der Waals surface area contributed by atoms with E-state index in [0.717, 1.165) is 18.4 Å². The number of amides is 3. The Morgan fingerprint density at radius 1 is 1.09 bits per heavy atom. The summed E-state index contributed by atoms with van der Waals surface area (Å²) in [6.45, 7) is 2.85.